The van der Waals surface area contributed by atoms with Gasteiger partial charge in [-0.25, -0.2) is 0 Å². The van der Waals surface area contributed by atoms with Crippen molar-refractivity contribution in [3.05, 3.63) is 59.7 Å². The molecule has 0 heterocycles. The number of ether oxygens (including phenoxy) is 2. The lowest BCUT2D eigenvalue weighted by atomic mass is 10.1. The normalized spacial score (nSPS) is 11.7. The van der Waals surface area contributed by atoms with E-state index < -0.39 is 6.04 Å². The van der Waals surface area contributed by atoms with Crippen molar-refractivity contribution in [1.82, 2.24) is 10.2 Å². The Bertz CT molecular complexity index is 833. The molecule has 0 bridgehead atoms. The maximum atomic E-state index is 13.3. The number of carbonyl (C=O) groups excluding carboxylic acids is 2. The molecule has 0 aromatic heterocycles. The second-order valence-corrected chi connectivity index (χ2v) is 7.49. The topological polar surface area (TPSA) is 67.9 Å². The highest BCUT2D eigenvalue weighted by molar-refractivity contribution is 5.88. The van der Waals surface area contributed by atoms with Crippen molar-refractivity contribution in [3.8, 4) is 11.5 Å². The van der Waals surface area contributed by atoms with E-state index in [1.54, 1.807) is 19.1 Å². The molecule has 0 aliphatic carbocycles. The number of rotatable bonds is 10. The van der Waals surface area contributed by atoms with E-state index in [9.17, 15) is 9.59 Å². The first kappa shape index (κ1) is 23.3. The molecule has 0 aliphatic rings. The van der Waals surface area contributed by atoms with E-state index in [4.69, 9.17) is 9.47 Å². The van der Waals surface area contributed by atoms with Gasteiger partial charge in [0.05, 0.1) is 20.6 Å². The van der Waals surface area contributed by atoms with Gasteiger partial charge < -0.3 is 19.7 Å². The van der Waals surface area contributed by atoms with Crippen molar-refractivity contribution in [2.75, 3.05) is 14.2 Å². The Labute approximate surface area is 179 Å². The molecule has 2 aromatic carbocycles. The maximum absolute atomic E-state index is 13.3. The van der Waals surface area contributed by atoms with Gasteiger partial charge in [0.1, 0.15) is 17.5 Å². The molecule has 0 unspecified atom stereocenters. The van der Waals surface area contributed by atoms with Crippen LogP contribution in [0.2, 0.25) is 0 Å². The summed E-state index contributed by atoms with van der Waals surface area (Å²) in [5.74, 6) is 1.21. The number of methoxy groups -OCH3 is 2. The SMILES string of the molecule is CC[C@H](C(=O)NC(C)C)N(Cc1cccc(OC)c1)C(=O)Cc1ccc(OC)cc1. The predicted molar refractivity (Wildman–Crippen MR) is 118 cm³/mol. The number of nitrogens with one attached hydrogen (secondary N) is 1. The molecule has 0 radical (unpaired) electrons. The molecule has 1 N–H and O–H groups in total. The van der Waals surface area contributed by atoms with Crippen LogP contribution < -0.4 is 14.8 Å². The molecule has 2 amide bonds. The zero-order valence-electron chi connectivity index (χ0n) is 18.5. The van der Waals surface area contributed by atoms with Crippen molar-refractivity contribution >= 4 is 11.8 Å². The van der Waals surface area contributed by atoms with E-state index in [1.165, 1.54) is 0 Å². The number of hydrogen-bond donors (Lipinski definition) is 1. The number of carbonyl (C=O) groups is 2. The summed E-state index contributed by atoms with van der Waals surface area (Å²) < 4.78 is 10.5. The fraction of sp³-hybridized carbons (Fsp3) is 0.417. The molecule has 0 aliphatic heterocycles. The molecule has 0 saturated heterocycles. The number of nitrogens with zero attached hydrogens (tertiary/aromatic N) is 1. The van der Waals surface area contributed by atoms with Gasteiger partial charge >= 0.3 is 0 Å². The molecule has 0 fully saturated rings. The molecule has 0 saturated carbocycles. The van der Waals surface area contributed by atoms with Crippen molar-refractivity contribution in [1.29, 1.82) is 0 Å². The van der Waals surface area contributed by atoms with Crippen LogP contribution in [0.1, 0.15) is 38.3 Å². The number of hydrogen-bond acceptors (Lipinski definition) is 4. The minimum absolute atomic E-state index is 0.00177. The lowest BCUT2D eigenvalue weighted by Crippen LogP contribution is -2.50. The van der Waals surface area contributed by atoms with Crippen LogP contribution in [0.4, 0.5) is 0 Å². The second-order valence-electron chi connectivity index (χ2n) is 7.49. The first-order valence-corrected chi connectivity index (χ1v) is 10.2. The van der Waals surface area contributed by atoms with Crippen LogP contribution in [0, 0.1) is 0 Å². The third-order valence-corrected chi connectivity index (χ3v) is 4.82. The Hall–Kier alpha value is -3.02. The summed E-state index contributed by atoms with van der Waals surface area (Å²) >= 11 is 0. The van der Waals surface area contributed by atoms with Gasteiger partial charge in [-0.15, -0.1) is 0 Å². The Kier molecular flexibility index (Phi) is 8.71. The van der Waals surface area contributed by atoms with Crippen molar-refractivity contribution in [2.24, 2.45) is 0 Å². The molecule has 6 heteroatoms. The van der Waals surface area contributed by atoms with Gasteiger partial charge in [-0.3, -0.25) is 9.59 Å². The van der Waals surface area contributed by atoms with Gasteiger partial charge in [0.25, 0.3) is 0 Å². The van der Waals surface area contributed by atoms with Crippen LogP contribution in [0.5, 0.6) is 11.5 Å². The van der Waals surface area contributed by atoms with E-state index in [1.807, 2.05) is 69.3 Å². The molecule has 0 spiro atoms. The van der Waals surface area contributed by atoms with E-state index in [0.717, 1.165) is 22.6 Å². The highest BCUT2D eigenvalue weighted by atomic mass is 16.5. The van der Waals surface area contributed by atoms with Crippen molar-refractivity contribution < 1.29 is 19.1 Å². The van der Waals surface area contributed by atoms with Crippen LogP contribution in [-0.2, 0) is 22.6 Å². The van der Waals surface area contributed by atoms with Crippen LogP contribution in [0.15, 0.2) is 48.5 Å². The van der Waals surface area contributed by atoms with Crippen LogP contribution in [0.25, 0.3) is 0 Å². The van der Waals surface area contributed by atoms with E-state index in [0.29, 0.717) is 13.0 Å². The molecule has 30 heavy (non-hydrogen) atoms. The largest absolute Gasteiger partial charge is 0.497 e. The van der Waals surface area contributed by atoms with Crippen molar-refractivity contribution in [2.45, 2.75) is 52.2 Å². The summed E-state index contributed by atoms with van der Waals surface area (Å²) in [7, 11) is 3.21. The molecule has 6 nitrogen and oxygen atoms in total. The second kappa shape index (κ2) is 11.2. The molecule has 1 atom stereocenters. The van der Waals surface area contributed by atoms with Gasteiger partial charge in [0, 0.05) is 12.6 Å². The van der Waals surface area contributed by atoms with Gasteiger partial charge in [-0.1, -0.05) is 31.2 Å². The van der Waals surface area contributed by atoms with E-state index in [2.05, 4.69) is 5.32 Å². The fourth-order valence-electron chi connectivity index (χ4n) is 3.29. The van der Waals surface area contributed by atoms with Crippen LogP contribution in [0.3, 0.4) is 0 Å². The zero-order valence-corrected chi connectivity index (χ0v) is 18.5. The highest BCUT2D eigenvalue weighted by Gasteiger charge is 2.29. The summed E-state index contributed by atoms with van der Waals surface area (Å²) in [6.45, 7) is 6.08. The summed E-state index contributed by atoms with van der Waals surface area (Å²) in [6.07, 6.45) is 0.732. The summed E-state index contributed by atoms with van der Waals surface area (Å²) in [5, 5.41) is 2.94. The third kappa shape index (κ3) is 6.51. The lowest BCUT2D eigenvalue weighted by Gasteiger charge is -2.31. The number of benzene rings is 2. The van der Waals surface area contributed by atoms with Gasteiger partial charge in [0.2, 0.25) is 11.8 Å². The highest BCUT2D eigenvalue weighted by Crippen LogP contribution is 2.19. The van der Waals surface area contributed by atoms with Gasteiger partial charge in [-0.2, -0.15) is 0 Å². The summed E-state index contributed by atoms with van der Waals surface area (Å²) in [5.41, 5.74) is 1.78. The average Bonchev–Trinajstić information content (AvgIpc) is 2.73. The predicted octanol–water partition coefficient (Wildman–Crippen LogP) is 3.58. The Morgan fingerprint density at radius 2 is 1.63 bits per heavy atom. The fourth-order valence-corrected chi connectivity index (χ4v) is 3.29. The molecular weight excluding hydrogens is 380 g/mol. The number of amides is 2. The Balaban J connectivity index is 2.29. The molecule has 2 aromatic rings. The summed E-state index contributed by atoms with van der Waals surface area (Å²) in [4.78, 5) is 27.8. The monoisotopic (exact) mass is 412 g/mol. The Morgan fingerprint density at radius 3 is 2.20 bits per heavy atom. The van der Waals surface area contributed by atoms with Crippen LogP contribution >= 0.6 is 0 Å². The van der Waals surface area contributed by atoms with Crippen LogP contribution in [-0.4, -0.2) is 43.0 Å². The zero-order chi connectivity index (χ0) is 22.1. The quantitative estimate of drug-likeness (QED) is 0.648. The average molecular weight is 413 g/mol. The minimum Gasteiger partial charge on any atom is -0.497 e. The van der Waals surface area contributed by atoms with Gasteiger partial charge in [-0.05, 0) is 55.7 Å². The molecular formula is C24H32N2O4. The molecule has 2 rings (SSSR count). The van der Waals surface area contributed by atoms with Crippen molar-refractivity contribution in [3.63, 3.8) is 0 Å². The smallest absolute Gasteiger partial charge is 0.243 e. The first-order valence-electron chi connectivity index (χ1n) is 10.2. The lowest BCUT2D eigenvalue weighted by molar-refractivity contribution is -0.141. The van der Waals surface area contributed by atoms with E-state index >= 15 is 0 Å². The molecule has 162 valence electrons. The van der Waals surface area contributed by atoms with E-state index in [-0.39, 0.29) is 24.3 Å². The standard InChI is InChI=1S/C24H32N2O4/c1-6-22(24(28)25-17(2)3)26(16-19-8-7-9-21(14-19)30-5)23(27)15-18-10-12-20(29-4)13-11-18/h7-14,17,22H,6,15-16H2,1-5H3,(H,25,28)/t22-/m1/s1. The minimum atomic E-state index is -0.552. The first-order chi connectivity index (χ1) is 14.4. The Morgan fingerprint density at radius 1 is 0.967 bits per heavy atom. The maximum Gasteiger partial charge on any atom is 0.243 e. The van der Waals surface area contributed by atoms with Gasteiger partial charge in [0.15, 0.2) is 0 Å². The third-order valence-electron chi connectivity index (χ3n) is 4.82. The summed E-state index contributed by atoms with van der Waals surface area (Å²) in [6, 6.07) is 14.4.